The molecular weight excluding hydrogens is 325 g/mol. The molecule has 0 unspecified atom stereocenters. The Hall–Kier alpha value is -2.54. The van der Waals surface area contributed by atoms with Crippen LogP contribution >= 0.6 is 0 Å². The Morgan fingerprint density at radius 3 is 2.76 bits per heavy atom. The van der Waals surface area contributed by atoms with Crippen LogP contribution in [-0.4, -0.2) is 40.3 Å². The molecule has 3 rings (SSSR count). The normalized spacial score (nSPS) is 17.5. The quantitative estimate of drug-likeness (QED) is 0.850. The van der Waals surface area contributed by atoms with Crippen molar-refractivity contribution in [1.29, 1.82) is 0 Å². The molecule has 1 atom stereocenters. The fraction of sp³-hybridized carbons (Fsp3) is 0.389. The van der Waals surface area contributed by atoms with E-state index in [1.807, 2.05) is 6.92 Å². The largest absolute Gasteiger partial charge is 0.370 e. The molecule has 1 saturated heterocycles. The molecule has 2 heterocycles. The minimum absolute atomic E-state index is 0.218. The van der Waals surface area contributed by atoms with E-state index < -0.39 is 0 Å². The van der Waals surface area contributed by atoms with E-state index in [0.29, 0.717) is 26.2 Å². The van der Waals surface area contributed by atoms with Crippen molar-refractivity contribution in [3.63, 3.8) is 0 Å². The van der Waals surface area contributed by atoms with Crippen LogP contribution in [0, 0.1) is 5.82 Å². The van der Waals surface area contributed by atoms with Crippen molar-refractivity contribution in [2.75, 3.05) is 19.7 Å². The summed E-state index contributed by atoms with van der Waals surface area (Å²) < 4.78 is 20.1. The molecule has 1 aromatic heterocycles. The number of carbonyl (C=O) groups is 1. The summed E-state index contributed by atoms with van der Waals surface area (Å²) in [6.45, 7) is 3.62. The summed E-state index contributed by atoms with van der Waals surface area (Å²) in [5, 5.41) is 4.17. The second-order valence-corrected chi connectivity index (χ2v) is 5.94. The van der Waals surface area contributed by atoms with Gasteiger partial charge in [-0.2, -0.15) is 5.10 Å². The molecular formula is C18H20FN3O3. The van der Waals surface area contributed by atoms with E-state index in [0.717, 1.165) is 12.0 Å². The van der Waals surface area contributed by atoms with Gasteiger partial charge in [-0.05, 0) is 30.2 Å². The summed E-state index contributed by atoms with van der Waals surface area (Å²) in [5.74, 6) is -0.546. The minimum atomic E-state index is -0.310. The van der Waals surface area contributed by atoms with Gasteiger partial charge in [0, 0.05) is 19.2 Å². The summed E-state index contributed by atoms with van der Waals surface area (Å²) >= 11 is 0. The van der Waals surface area contributed by atoms with Crippen LogP contribution in [0.4, 0.5) is 4.39 Å². The summed E-state index contributed by atoms with van der Waals surface area (Å²) in [6, 6.07) is 8.90. The lowest BCUT2D eigenvalue weighted by molar-refractivity contribution is -0.0231. The Kier molecular flexibility index (Phi) is 5.23. The van der Waals surface area contributed by atoms with Gasteiger partial charge in [-0.1, -0.05) is 19.1 Å². The summed E-state index contributed by atoms with van der Waals surface area (Å²) in [6.07, 6.45) is 0.453. The number of morpholine rings is 1. The van der Waals surface area contributed by atoms with Crippen LogP contribution < -0.4 is 5.56 Å². The highest BCUT2D eigenvalue weighted by Crippen LogP contribution is 2.23. The summed E-state index contributed by atoms with van der Waals surface area (Å²) in [5.41, 5.74) is 0.847. The maximum atomic E-state index is 13.1. The van der Waals surface area contributed by atoms with Gasteiger partial charge in [0.2, 0.25) is 0 Å². The van der Waals surface area contributed by atoms with Crippen molar-refractivity contribution in [3.05, 3.63) is 63.8 Å². The molecule has 25 heavy (non-hydrogen) atoms. The van der Waals surface area contributed by atoms with E-state index >= 15 is 0 Å². The first kappa shape index (κ1) is 17.3. The van der Waals surface area contributed by atoms with Crippen molar-refractivity contribution in [2.45, 2.75) is 26.0 Å². The minimum Gasteiger partial charge on any atom is -0.370 e. The second kappa shape index (κ2) is 7.57. The lowest BCUT2D eigenvalue weighted by Crippen LogP contribution is -2.43. The van der Waals surface area contributed by atoms with E-state index in [1.54, 1.807) is 17.0 Å². The zero-order valence-corrected chi connectivity index (χ0v) is 14.0. The van der Waals surface area contributed by atoms with E-state index in [4.69, 9.17) is 4.74 Å². The van der Waals surface area contributed by atoms with Crippen LogP contribution in [0.2, 0.25) is 0 Å². The third-order valence-electron chi connectivity index (χ3n) is 4.12. The first-order valence-corrected chi connectivity index (χ1v) is 8.33. The monoisotopic (exact) mass is 345 g/mol. The van der Waals surface area contributed by atoms with Gasteiger partial charge in [0.05, 0.1) is 13.2 Å². The van der Waals surface area contributed by atoms with E-state index in [9.17, 15) is 14.0 Å². The number of ether oxygens (including phenoxy) is 1. The molecule has 132 valence electrons. The number of rotatable bonds is 4. The van der Waals surface area contributed by atoms with Crippen LogP contribution in [0.3, 0.4) is 0 Å². The maximum Gasteiger partial charge on any atom is 0.274 e. The number of hydrogen-bond acceptors (Lipinski definition) is 4. The fourth-order valence-electron chi connectivity index (χ4n) is 2.81. The smallest absolute Gasteiger partial charge is 0.274 e. The van der Waals surface area contributed by atoms with Crippen molar-refractivity contribution < 1.29 is 13.9 Å². The van der Waals surface area contributed by atoms with Crippen molar-refractivity contribution in [1.82, 2.24) is 14.7 Å². The Labute approximate surface area is 144 Å². The molecule has 0 saturated carbocycles. The number of hydrogen-bond donors (Lipinski definition) is 0. The molecule has 1 fully saturated rings. The molecule has 1 aliphatic heterocycles. The molecule has 7 heteroatoms. The van der Waals surface area contributed by atoms with Gasteiger partial charge in [-0.3, -0.25) is 9.59 Å². The standard InChI is InChI=1S/C18H20FN3O3/c1-2-9-22-17(23)8-7-15(20-22)18(24)21-10-11-25-16(12-21)13-3-5-14(19)6-4-13/h3-8,16H,2,9-12H2,1H3/t16-/m0/s1. The molecule has 6 nitrogen and oxygen atoms in total. The van der Waals surface area contributed by atoms with E-state index in [2.05, 4.69) is 5.10 Å². The van der Waals surface area contributed by atoms with Crippen LogP contribution in [0.25, 0.3) is 0 Å². The molecule has 0 spiro atoms. The lowest BCUT2D eigenvalue weighted by atomic mass is 10.1. The molecule has 2 aromatic rings. The van der Waals surface area contributed by atoms with Crippen molar-refractivity contribution in [2.24, 2.45) is 0 Å². The van der Waals surface area contributed by atoms with Crippen molar-refractivity contribution >= 4 is 5.91 Å². The van der Waals surface area contributed by atoms with Crippen LogP contribution in [0.15, 0.2) is 41.2 Å². The first-order chi connectivity index (χ1) is 12.1. The van der Waals surface area contributed by atoms with Gasteiger partial charge in [-0.15, -0.1) is 0 Å². The average Bonchev–Trinajstić information content (AvgIpc) is 2.64. The summed E-state index contributed by atoms with van der Waals surface area (Å²) in [4.78, 5) is 26.1. The fourth-order valence-corrected chi connectivity index (χ4v) is 2.81. The predicted molar refractivity (Wildman–Crippen MR) is 89.8 cm³/mol. The average molecular weight is 345 g/mol. The predicted octanol–water partition coefficient (Wildman–Crippen LogP) is 2.01. The number of benzene rings is 1. The highest BCUT2D eigenvalue weighted by atomic mass is 19.1. The molecule has 1 amide bonds. The Bertz CT molecular complexity index is 804. The molecule has 0 aliphatic carbocycles. The maximum absolute atomic E-state index is 13.1. The van der Waals surface area contributed by atoms with E-state index in [1.165, 1.54) is 28.9 Å². The van der Waals surface area contributed by atoms with Crippen LogP contribution in [0.1, 0.15) is 35.5 Å². The molecule has 0 N–H and O–H groups in total. The second-order valence-electron chi connectivity index (χ2n) is 5.94. The molecule has 1 aromatic carbocycles. The first-order valence-electron chi connectivity index (χ1n) is 8.33. The third kappa shape index (κ3) is 3.93. The Morgan fingerprint density at radius 1 is 1.28 bits per heavy atom. The number of nitrogens with zero attached hydrogens (tertiary/aromatic N) is 3. The third-order valence-corrected chi connectivity index (χ3v) is 4.12. The highest BCUT2D eigenvalue weighted by molar-refractivity contribution is 5.92. The number of aryl methyl sites for hydroxylation is 1. The van der Waals surface area contributed by atoms with E-state index in [-0.39, 0.29) is 29.1 Å². The molecule has 0 radical (unpaired) electrons. The van der Waals surface area contributed by atoms with Gasteiger partial charge in [0.15, 0.2) is 0 Å². The Balaban J connectivity index is 1.77. The lowest BCUT2D eigenvalue weighted by Gasteiger charge is -2.33. The number of carbonyl (C=O) groups excluding carboxylic acids is 1. The Morgan fingerprint density at radius 2 is 2.04 bits per heavy atom. The van der Waals surface area contributed by atoms with Gasteiger partial charge >= 0.3 is 0 Å². The number of aromatic nitrogens is 2. The number of amides is 1. The van der Waals surface area contributed by atoms with Gasteiger partial charge in [-0.25, -0.2) is 9.07 Å². The highest BCUT2D eigenvalue weighted by Gasteiger charge is 2.27. The molecule has 1 aliphatic rings. The summed E-state index contributed by atoms with van der Waals surface area (Å²) in [7, 11) is 0. The van der Waals surface area contributed by atoms with Crippen LogP contribution in [0.5, 0.6) is 0 Å². The zero-order valence-electron chi connectivity index (χ0n) is 14.0. The topological polar surface area (TPSA) is 64.4 Å². The SMILES string of the molecule is CCCn1nc(C(=O)N2CCO[C@H](c3ccc(F)cc3)C2)ccc1=O. The molecule has 0 bridgehead atoms. The van der Waals surface area contributed by atoms with Gasteiger partial charge in [0.25, 0.3) is 11.5 Å². The van der Waals surface area contributed by atoms with Crippen LogP contribution in [-0.2, 0) is 11.3 Å². The van der Waals surface area contributed by atoms with Crippen molar-refractivity contribution in [3.8, 4) is 0 Å². The zero-order chi connectivity index (χ0) is 17.8. The van der Waals surface area contributed by atoms with Gasteiger partial charge < -0.3 is 9.64 Å². The number of halogens is 1. The van der Waals surface area contributed by atoms with Gasteiger partial charge in [0.1, 0.15) is 17.6 Å².